The molecule has 4 heteroatoms. The lowest BCUT2D eigenvalue weighted by Crippen LogP contribution is -2.40. The van der Waals surface area contributed by atoms with E-state index in [-0.39, 0.29) is 18.2 Å². The van der Waals surface area contributed by atoms with Crippen molar-refractivity contribution in [3.05, 3.63) is 29.8 Å². The Morgan fingerprint density at radius 2 is 2.20 bits per heavy atom. The van der Waals surface area contributed by atoms with E-state index in [1.165, 1.54) is 5.56 Å². The average molecular weight is 278 g/mol. The lowest BCUT2D eigenvalue weighted by Gasteiger charge is -2.28. The van der Waals surface area contributed by atoms with E-state index in [2.05, 4.69) is 36.4 Å². The van der Waals surface area contributed by atoms with E-state index in [0.717, 1.165) is 31.6 Å². The van der Waals surface area contributed by atoms with Crippen molar-refractivity contribution in [3.8, 4) is 5.75 Å². The van der Waals surface area contributed by atoms with Gasteiger partial charge in [-0.15, -0.1) is 0 Å². The van der Waals surface area contributed by atoms with Crippen LogP contribution >= 0.6 is 0 Å². The Morgan fingerprint density at radius 3 is 2.80 bits per heavy atom. The zero-order valence-electron chi connectivity index (χ0n) is 12.7. The van der Waals surface area contributed by atoms with Gasteiger partial charge in [0.2, 0.25) is 0 Å². The number of aliphatic hydroxyl groups is 1. The number of hydrogen-bond acceptors (Lipinski definition) is 4. The van der Waals surface area contributed by atoms with Crippen LogP contribution in [0.5, 0.6) is 5.75 Å². The molecular formula is C16H26N2O2. The van der Waals surface area contributed by atoms with Crippen LogP contribution in [-0.4, -0.2) is 49.9 Å². The lowest BCUT2D eigenvalue weighted by molar-refractivity contribution is 0.143. The van der Waals surface area contributed by atoms with E-state index in [4.69, 9.17) is 4.74 Å². The van der Waals surface area contributed by atoms with Crippen molar-refractivity contribution >= 4 is 0 Å². The van der Waals surface area contributed by atoms with Crippen molar-refractivity contribution in [2.24, 2.45) is 0 Å². The summed E-state index contributed by atoms with van der Waals surface area (Å²) in [6, 6.07) is 8.71. The van der Waals surface area contributed by atoms with Gasteiger partial charge in [0.05, 0.1) is 13.2 Å². The molecule has 1 aliphatic rings. The SMILES string of the molecule is COc1cccc(C(CNC2CCCC2O)N(C)C)c1. The summed E-state index contributed by atoms with van der Waals surface area (Å²) in [7, 11) is 5.85. The topological polar surface area (TPSA) is 44.7 Å². The predicted octanol–water partition coefficient (Wildman–Crippen LogP) is 1.80. The molecule has 3 atom stereocenters. The first-order chi connectivity index (χ1) is 9.61. The fraction of sp³-hybridized carbons (Fsp3) is 0.625. The predicted molar refractivity (Wildman–Crippen MR) is 81.1 cm³/mol. The minimum atomic E-state index is -0.192. The summed E-state index contributed by atoms with van der Waals surface area (Å²) in [5.74, 6) is 0.884. The fourth-order valence-corrected chi connectivity index (χ4v) is 2.89. The Bertz CT molecular complexity index is 423. The van der Waals surface area contributed by atoms with Crippen LogP contribution in [0.15, 0.2) is 24.3 Å². The Kier molecular flexibility index (Phi) is 5.40. The van der Waals surface area contributed by atoms with Crippen molar-refractivity contribution in [3.63, 3.8) is 0 Å². The molecule has 2 rings (SSSR count). The standard InChI is InChI=1S/C16H26N2O2/c1-18(2)15(11-17-14-8-5-9-16(14)19)12-6-4-7-13(10-12)20-3/h4,6-7,10,14-17,19H,5,8-9,11H2,1-3H3. The minimum absolute atomic E-state index is 0.192. The normalized spacial score (nSPS) is 24.1. The number of methoxy groups -OCH3 is 1. The Labute approximate surface area is 121 Å². The number of benzene rings is 1. The average Bonchev–Trinajstić information content (AvgIpc) is 2.84. The summed E-state index contributed by atoms with van der Waals surface area (Å²) in [4.78, 5) is 2.20. The maximum Gasteiger partial charge on any atom is 0.119 e. The van der Waals surface area contributed by atoms with Gasteiger partial charge in [0.15, 0.2) is 0 Å². The third-order valence-corrected chi connectivity index (χ3v) is 4.15. The Morgan fingerprint density at radius 1 is 1.40 bits per heavy atom. The number of rotatable bonds is 6. The van der Waals surface area contributed by atoms with E-state index in [1.54, 1.807) is 7.11 Å². The highest BCUT2D eigenvalue weighted by Gasteiger charge is 2.26. The van der Waals surface area contributed by atoms with Crippen molar-refractivity contribution in [2.75, 3.05) is 27.7 Å². The monoisotopic (exact) mass is 278 g/mol. The Balaban J connectivity index is 2.02. The van der Waals surface area contributed by atoms with Gasteiger partial charge in [-0.1, -0.05) is 12.1 Å². The summed E-state index contributed by atoms with van der Waals surface area (Å²) >= 11 is 0. The van der Waals surface area contributed by atoms with Gasteiger partial charge in [-0.3, -0.25) is 0 Å². The highest BCUT2D eigenvalue weighted by atomic mass is 16.5. The molecule has 4 nitrogen and oxygen atoms in total. The summed E-state index contributed by atoms with van der Waals surface area (Å²) in [5.41, 5.74) is 1.23. The van der Waals surface area contributed by atoms with Crippen LogP contribution < -0.4 is 10.1 Å². The summed E-state index contributed by atoms with van der Waals surface area (Å²) in [5, 5.41) is 13.4. The molecule has 0 saturated heterocycles. The maximum atomic E-state index is 9.90. The number of ether oxygens (including phenoxy) is 1. The number of aliphatic hydroxyl groups excluding tert-OH is 1. The van der Waals surface area contributed by atoms with Gasteiger partial charge < -0.3 is 20.1 Å². The molecule has 1 aliphatic carbocycles. The van der Waals surface area contributed by atoms with Crippen LogP contribution in [-0.2, 0) is 0 Å². The van der Waals surface area contributed by atoms with Crippen LogP contribution in [0.3, 0.4) is 0 Å². The quantitative estimate of drug-likeness (QED) is 0.833. The zero-order chi connectivity index (χ0) is 14.5. The summed E-state index contributed by atoms with van der Waals surface area (Å²) < 4.78 is 5.30. The molecule has 3 unspecified atom stereocenters. The fourth-order valence-electron chi connectivity index (χ4n) is 2.89. The highest BCUT2D eigenvalue weighted by Crippen LogP contribution is 2.24. The molecule has 1 saturated carbocycles. The van der Waals surface area contributed by atoms with E-state index >= 15 is 0 Å². The van der Waals surface area contributed by atoms with Gasteiger partial charge in [0, 0.05) is 18.6 Å². The molecular weight excluding hydrogens is 252 g/mol. The maximum absolute atomic E-state index is 9.90. The molecule has 0 radical (unpaired) electrons. The first kappa shape index (κ1) is 15.3. The molecule has 1 fully saturated rings. The number of likely N-dealkylation sites (N-methyl/N-ethyl adjacent to an activating group) is 1. The molecule has 2 N–H and O–H groups in total. The van der Waals surface area contributed by atoms with Gasteiger partial charge >= 0.3 is 0 Å². The van der Waals surface area contributed by atoms with Crippen LogP contribution in [0.2, 0.25) is 0 Å². The van der Waals surface area contributed by atoms with E-state index in [0.29, 0.717) is 0 Å². The minimum Gasteiger partial charge on any atom is -0.497 e. The second-order valence-electron chi connectivity index (χ2n) is 5.77. The molecule has 0 spiro atoms. The van der Waals surface area contributed by atoms with Crippen LogP contribution in [0.1, 0.15) is 30.9 Å². The second-order valence-corrected chi connectivity index (χ2v) is 5.77. The largest absolute Gasteiger partial charge is 0.497 e. The van der Waals surface area contributed by atoms with E-state index < -0.39 is 0 Å². The molecule has 0 bridgehead atoms. The molecule has 112 valence electrons. The van der Waals surface area contributed by atoms with Crippen molar-refractivity contribution in [2.45, 2.75) is 37.5 Å². The third kappa shape index (κ3) is 3.72. The molecule has 20 heavy (non-hydrogen) atoms. The van der Waals surface area contributed by atoms with Gasteiger partial charge in [-0.2, -0.15) is 0 Å². The van der Waals surface area contributed by atoms with Crippen LogP contribution in [0.4, 0.5) is 0 Å². The Hall–Kier alpha value is -1.10. The highest BCUT2D eigenvalue weighted by molar-refractivity contribution is 5.30. The van der Waals surface area contributed by atoms with E-state index in [9.17, 15) is 5.11 Å². The number of hydrogen-bond donors (Lipinski definition) is 2. The molecule has 0 aromatic heterocycles. The molecule has 1 aromatic rings. The molecule has 0 heterocycles. The van der Waals surface area contributed by atoms with Crippen LogP contribution in [0.25, 0.3) is 0 Å². The molecule has 0 amide bonds. The lowest BCUT2D eigenvalue weighted by atomic mass is 10.0. The molecule has 1 aromatic carbocycles. The van der Waals surface area contributed by atoms with Gasteiger partial charge in [0.1, 0.15) is 5.75 Å². The van der Waals surface area contributed by atoms with Gasteiger partial charge in [-0.25, -0.2) is 0 Å². The van der Waals surface area contributed by atoms with E-state index in [1.807, 2.05) is 12.1 Å². The van der Waals surface area contributed by atoms with Gasteiger partial charge in [0.25, 0.3) is 0 Å². The van der Waals surface area contributed by atoms with Crippen molar-refractivity contribution in [1.82, 2.24) is 10.2 Å². The number of nitrogens with zero attached hydrogens (tertiary/aromatic N) is 1. The molecule has 0 aliphatic heterocycles. The second kappa shape index (κ2) is 7.07. The van der Waals surface area contributed by atoms with Crippen LogP contribution in [0, 0.1) is 0 Å². The van der Waals surface area contributed by atoms with Gasteiger partial charge in [-0.05, 0) is 51.1 Å². The summed E-state index contributed by atoms with van der Waals surface area (Å²) in [6.07, 6.45) is 2.91. The van der Waals surface area contributed by atoms with Crippen molar-refractivity contribution in [1.29, 1.82) is 0 Å². The first-order valence-corrected chi connectivity index (χ1v) is 7.33. The zero-order valence-corrected chi connectivity index (χ0v) is 12.7. The number of nitrogens with one attached hydrogen (secondary N) is 1. The third-order valence-electron chi connectivity index (χ3n) is 4.15. The smallest absolute Gasteiger partial charge is 0.119 e. The summed E-state index contributed by atoms with van der Waals surface area (Å²) in [6.45, 7) is 0.835. The van der Waals surface area contributed by atoms with Crippen molar-refractivity contribution < 1.29 is 9.84 Å². The first-order valence-electron chi connectivity index (χ1n) is 7.33.